The molecule has 0 saturated carbocycles. The average molecular weight is 282 g/mol. The minimum atomic E-state index is -0.652. The zero-order valence-electron chi connectivity index (χ0n) is 7.71. The molecule has 1 heterocycles. The van der Waals surface area contributed by atoms with Gasteiger partial charge in [0.25, 0.3) is 5.91 Å². The number of amides is 1. The maximum absolute atomic E-state index is 12.5. The van der Waals surface area contributed by atoms with Crippen LogP contribution in [0.1, 0.15) is 15.2 Å². The van der Waals surface area contributed by atoms with Crippen molar-refractivity contribution in [3.63, 3.8) is 0 Å². The first-order valence-corrected chi connectivity index (χ1v) is 5.37. The molecule has 0 unspecified atom stereocenters. The summed E-state index contributed by atoms with van der Waals surface area (Å²) in [5, 5.41) is 1.07. The first-order valence-electron chi connectivity index (χ1n) is 3.76. The number of carbonyl (C=O) groups is 1. The molecule has 0 aliphatic carbocycles. The minimum Gasteiger partial charge on any atom is -0.274 e. The summed E-state index contributed by atoms with van der Waals surface area (Å²) in [7, 11) is 2.87. The number of carbonyl (C=O) groups excluding carboxylic acids is 1. The zero-order chi connectivity index (χ0) is 10.7. The lowest BCUT2D eigenvalue weighted by atomic mass is 10.3. The molecule has 1 aromatic heterocycles. The van der Waals surface area contributed by atoms with Crippen molar-refractivity contribution in [1.82, 2.24) is 5.06 Å². The Morgan fingerprint density at radius 3 is 2.93 bits per heavy atom. The Morgan fingerprint density at radius 1 is 1.79 bits per heavy atom. The van der Waals surface area contributed by atoms with Gasteiger partial charge in [0, 0.05) is 12.6 Å². The largest absolute Gasteiger partial charge is 0.287 e. The fourth-order valence-electron chi connectivity index (χ4n) is 0.901. The molecule has 78 valence electrons. The quantitative estimate of drug-likeness (QED) is 0.797. The van der Waals surface area contributed by atoms with Gasteiger partial charge in [-0.3, -0.25) is 9.63 Å². The molecule has 1 amide bonds. The van der Waals surface area contributed by atoms with Gasteiger partial charge in [-0.2, -0.15) is 0 Å². The van der Waals surface area contributed by atoms with Crippen molar-refractivity contribution >= 4 is 33.2 Å². The number of thiophene rings is 1. The predicted octanol–water partition coefficient (Wildman–Crippen LogP) is 2.61. The Morgan fingerprint density at radius 2 is 2.43 bits per heavy atom. The highest BCUT2D eigenvalue weighted by molar-refractivity contribution is 9.11. The van der Waals surface area contributed by atoms with E-state index in [0.717, 1.165) is 8.85 Å². The summed E-state index contributed by atoms with van der Waals surface area (Å²) >= 11 is 4.40. The number of hydroxylamine groups is 2. The summed E-state index contributed by atoms with van der Waals surface area (Å²) in [6.07, 6.45) is 0. The molecule has 6 heteroatoms. The predicted molar refractivity (Wildman–Crippen MR) is 55.9 cm³/mol. The van der Waals surface area contributed by atoms with Crippen molar-refractivity contribution in [1.29, 1.82) is 0 Å². The number of rotatable bonds is 3. The van der Waals surface area contributed by atoms with Crippen molar-refractivity contribution < 1.29 is 14.0 Å². The van der Waals surface area contributed by atoms with Crippen LogP contribution in [0.2, 0.25) is 0 Å². The van der Waals surface area contributed by atoms with E-state index >= 15 is 0 Å². The van der Waals surface area contributed by atoms with E-state index < -0.39 is 6.67 Å². The molecule has 3 nitrogen and oxygen atoms in total. The van der Waals surface area contributed by atoms with Gasteiger partial charge in [0.15, 0.2) is 0 Å². The number of halogens is 2. The van der Waals surface area contributed by atoms with Gasteiger partial charge in [0.05, 0.1) is 10.9 Å². The fourth-order valence-corrected chi connectivity index (χ4v) is 2.52. The second-order valence-electron chi connectivity index (χ2n) is 2.52. The highest BCUT2D eigenvalue weighted by atomic mass is 79.9. The van der Waals surface area contributed by atoms with Crippen LogP contribution in [0.3, 0.4) is 0 Å². The third-order valence-electron chi connectivity index (χ3n) is 1.68. The first-order chi connectivity index (χ1) is 6.60. The molecule has 1 aromatic rings. The fraction of sp³-hybridized carbons (Fsp3) is 0.375. The summed E-state index contributed by atoms with van der Waals surface area (Å²) in [6, 6.07) is 1.60. The minimum absolute atomic E-state index is 0.337. The Kier molecular flexibility index (Phi) is 4.03. The van der Waals surface area contributed by atoms with Crippen LogP contribution in [0.15, 0.2) is 9.85 Å². The van der Waals surface area contributed by atoms with Gasteiger partial charge < -0.3 is 0 Å². The van der Waals surface area contributed by atoms with Crippen LogP contribution >= 0.6 is 27.3 Å². The molecule has 0 fully saturated rings. The monoisotopic (exact) mass is 281 g/mol. The van der Waals surface area contributed by atoms with Crippen molar-refractivity contribution in [3.8, 4) is 0 Å². The van der Waals surface area contributed by atoms with E-state index in [4.69, 9.17) is 4.84 Å². The normalized spacial score (nSPS) is 10.3. The summed E-state index contributed by atoms with van der Waals surface area (Å²) in [5.41, 5.74) is 0.385. The molecule has 0 saturated heterocycles. The number of nitrogens with zero attached hydrogens (tertiary/aromatic N) is 1. The van der Waals surface area contributed by atoms with E-state index in [2.05, 4.69) is 15.9 Å². The van der Waals surface area contributed by atoms with E-state index in [1.54, 1.807) is 6.07 Å². The maximum Gasteiger partial charge on any atom is 0.287 e. The third kappa shape index (κ3) is 2.31. The van der Waals surface area contributed by atoms with Crippen LogP contribution in [0.5, 0.6) is 0 Å². The Labute approximate surface area is 93.6 Å². The smallest absolute Gasteiger partial charge is 0.274 e. The molecular weight excluding hydrogens is 273 g/mol. The van der Waals surface area contributed by atoms with Crippen LogP contribution in [0, 0.1) is 0 Å². The van der Waals surface area contributed by atoms with Crippen LogP contribution in [0.25, 0.3) is 0 Å². The standard InChI is InChI=1S/C8H9BrFNO2S/c1-11(13-2)8(12)7-5(4-10)3-6(9)14-7/h3H,4H2,1-2H3. The highest BCUT2D eigenvalue weighted by Gasteiger charge is 2.18. The van der Waals surface area contributed by atoms with Gasteiger partial charge in [0.2, 0.25) is 0 Å². The number of hydrogen-bond donors (Lipinski definition) is 0. The van der Waals surface area contributed by atoms with Gasteiger partial charge >= 0.3 is 0 Å². The summed E-state index contributed by atoms with van der Waals surface area (Å²) in [5.74, 6) is -0.337. The molecule has 0 atom stereocenters. The number of alkyl halides is 1. The summed E-state index contributed by atoms with van der Waals surface area (Å²) in [6.45, 7) is -0.652. The lowest BCUT2D eigenvalue weighted by molar-refractivity contribution is -0.0754. The molecule has 0 bridgehead atoms. The maximum atomic E-state index is 12.5. The van der Waals surface area contributed by atoms with Crippen molar-refractivity contribution in [2.75, 3.05) is 14.2 Å². The Balaban J connectivity index is 2.99. The van der Waals surface area contributed by atoms with Gasteiger partial charge in [-0.1, -0.05) is 0 Å². The molecule has 14 heavy (non-hydrogen) atoms. The van der Waals surface area contributed by atoms with Crippen molar-refractivity contribution in [2.45, 2.75) is 6.67 Å². The van der Waals surface area contributed by atoms with Crippen LogP contribution in [-0.2, 0) is 11.5 Å². The van der Waals surface area contributed by atoms with E-state index in [-0.39, 0.29) is 5.91 Å². The Hall–Kier alpha value is -0.460. The highest BCUT2D eigenvalue weighted by Crippen LogP contribution is 2.28. The zero-order valence-corrected chi connectivity index (χ0v) is 10.1. The molecule has 0 spiro atoms. The van der Waals surface area contributed by atoms with Gasteiger partial charge in [-0.05, 0) is 22.0 Å². The lowest BCUT2D eigenvalue weighted by Crippen LogP contribution is -2.25. The molecular formula is C8H9BrFNO2S. The number of hydrogen-bond acceptors (Lipinski definition) is 3. The lowest BCUT2D eigenvalue weighted by Gasteiger charge is -2.12. The van der Waals surface area contributed by atoms with Crippen LogP contribution in [0.4, 0.5) is 4.39 Å². The molecule has 0 aliphatic rings. The van der Waals surface area contributed by atoms with Crippen molar-refractivity contribution in [3.05, 3.63) is 20.3 Å². The molecule has 0 radical (unpaired) electrons. The van der Waals surface area contributed by atoms with Gasteiger partial charge in [-0.15, -0.1) is 11.3 Å². The van der Waals surface area contributed by atoms with E-state index in [1.807, 2.05) is 0 Å². The van der Waals surface area contributed by atoms with E-state index in [1.165, 1.54) is 25.5 Å². The van der Waals surface area contributed by atoms with E-state index in [0.29, 0.717) is 10.4 Å². The second kappa shape index (κ2) is 4.86. The third-order valence-corrected chi connectivity index (χ3v) is 3.35. The average Bonchev–Trinajstić information content (AvgIpc) is 2.57. The van der Waals surface area contributed by atoms with Gasteiger partial charge in [0.1, 0.15) is 11.6 Å². The SMILES string of the molecule is CON(C)C(=O)c1sc(Br)cc1CF. The van der Waals surface area contributed by atoms with Crippen LogP contribution < -0.4 is 0 Å². The van der Waals surface area contributed by atoms with Crippen molar-refractivity contribution in [2.24, 2.45) is 0 Å². The van der Waals surface area contributed by atoms with Gasteiger partial charge in [-0.25, -0.2) is 9.45 Å². The molecule has 1 rings (SSSR count). The molecule has 0 aliphatic heterocycles. The van der Waals surface area contributed by atoms with E-state index in [9.17, 15) is 9.18 Å². The summed E-state index contributed by atoms with van der Waals surface area (Å²) < 4.78 is 13.2. The summed E-state index contributed by atoms with van der Waals surface area (Å²) in [4.78, 5) is 16.7. The van der Waals surface area contributed by atoms with Crippen LogP contribution in [-0.4, -0.2) is 25.1 Å². The Bertz CT molecular complexity index is 342. The molecule has 0 N–H and O–H groups in total. The molecule has 0 aromatic carbocycles. The topological polar surface area (TPSA) is 29.5 Å². The first kappa shape index (κ1) is 11.6. The second-order valence-corrected chi connectivity index (χ2v) is 4.96.